The summed E-state index contributed by atoms with van der Waals surface area (Å²) >= 11 is 0. The molecule has 0 aromatic heterocycles. The lowest BCUT2D eigenvalue weighted by molar-refractivity contribution is -0.138. The lowest BCUT2D eigenvalue weighted by Crippen LogP contribution is -2.65. The average molecular weight is 436 g/mol. The first-order valence-corrected chi connectivity index (χ1v) is 13.1. The van der Waals surface area contributed by atoms with Crippen molar-refractivity contribution in [1.29, 1.82) is 0 Å². The monoisotopic (exact) mass is 435 g/mol. The Morgan fingerprint density at radius 2 is 1.84 bits per heavy atom. The molecule has 178 valence electrons. The zero-order valence-corrected chi connectivity index (χ0v) is 19.6. The molecular weight excluding hydrogens is 390 g/mol. The van der Waals surface area contributed by atoms with Crippen LogP contribution in [0.3, 0.4) is 0 Å². The summed E-state index contributed by atoms with van der Waals surface area (Å²) in [5, 5.41) is 16.8. The van der Waals surface area contributed by atoms with Gasteiger partial charge in [-0.15, -0.1) is 0 Å². The second kappa shape index (κ2) is 11.4. The number of carboxylic acid groups (broad SMARTS) is 1. The Balaban J connectivity index is 1.14. The van der Waals surface area contributed by atoms with Gasteiger partial charge in [-0.1, -0.05) is 26.2 Å². The fraction of sp³-hybridized carbons (Fsp3) is 0.960. The van der Waals surface area contributed by atoms with Gasteiger partial charge in [-0.3, -0.25) is 10.1 Å². The predicted octanol–water partition coefficient (Wildman–Crippen LogP) is 3.46. The number of piperidine rings is 1. The average Bonchev–Trinajstić information content (AvgIpc) is 2.78. The van der Waals surface area contributed by atoms with Crippen LogP contribution in [0.5, 0.6) is 0 Å². The lowest BCUT2D eigenvalue weighted by Gasteiger charge is -2.48. The van der Waals surface area contributed by atoms with Crippen LogP contribution >= 0.6 is 0 Å². The first-order valence-electron chi connectivity index (χ1n) is 13.1. The number of fused-ring (bicyclic) bond motifs is 1. The van der Waals surface area contributed by atoms with Gasteiger partial charge in [0, 0.05) is 38.7 Å². The molecule has 4 unspecified atom stereocenters. The molecule has 0 radical (unpaired) electrons. The van der Waals surface area contributed by atoms with Gasteiger partial charge in [0.1, 0.15) is 0 Å². The van der Waals surface area contributed by atoms with Gasteiger partial charge in [0.2, 0.25) is 0 Å². The SMILES string of the molecule is CC(CC(=O)O)CN1CCC2NC(C3CCC(OCC4CCCCC4)CC3)NCC2C1. The number of aliphatic carboxylic acids is 1. The molecule has 6 heteroatoms. The molecule has 2 saturated heterocycles. The highest BCUT2D eigenvalue weighted by Gasteiger charge is 2.38. The molecule has 2 aliphatic carbocycles. The van der Waals surface area contributed by atoms with Crippen molar-refractivity contribution in [3.8, 4) is 0 Å². The fourth-order valence-electron chi connectivity index (χ4n) is 6.59. The van der Waals surface area contributed by atoms with Crippen molar-refractivity contribution >= 4 is 5.97 Å². The summed E-state index contributed by atoms with van der Waals surface area (Å²) in [6.45, 7) is 7.23. The Morgan fingerprint density at radius 1 is 1.06 bits per heavy atom. The summed E-state index contributed by atoms with van der Waals surface area (Å²) in [4.78, 5) is 13.4. The first kappa shape index (κ1) is 23.5. The van der Waals surface area contributed by atoms with Crippen molar-refractivity contribution in [1.82, 2.24) is 15.5 Å². The summed E-state index contributed by atoms with van der Waals surface area (Å²) in [6, 6.07) is 0.609. The molecule has 4 rings (SSSR count). The molecule has 4 aliphatic rings. The maximum absolute atomic E-state index is 10.9. The predicted molar refractivity (Wildman–Crippen MR) is 123 cm³/mol. The van der Waals surface area contributed by atoms with E-state index < -0.39 is 5.97 Å². The standard InChI is InChI=1S/C25H45N3O3/c1-18(13-24(29)30)15-28-12-11-23-21(16-28)14-26-25(27-23)20-7-9-22(10-8-20)31-17-19-5-3-2-4-6-19/h18-23,25-27H,2-17H2,1H3,(H,29,30). The van der Waals surface area contributed by atoms with Crippen LogP contribution in [0.2, 0.25) is 0 Å². The third kappa shape index (κ3) is 6.89. The normalized spacial score (nSPS) is 36.6. The second-order valence-electron chi connectivity index (χ2n) is 11.0. The Hall–Kier alpha value is -0.690. The third-order valence-corrected chi connectivity index (χ3v) is 8.39. The fourth-order valence-corrected chi connectivity index (χ4v) is 6.59. The largest absolute Gasteiger partial charge is 0.481 e. The van der Waals surface area contributed by atoms with E-state index in [4.69, 9.17) is 9.84 Å². The minimum atomic E-state index is -0.680. The maximum Gasteiger partial charge on any atom is 0.303 e. The van der Waals surface area contributed by atoms with Crippen LogP contribution < -0.4 is 10.6 Å². The number of rotatable bonds is 8. The van der Waals surface area contributed by atoms with Crippen LogP contribution in [-0.4, -0.2) is 67.1 Å². The smallest absolute Gasteiger partial charge is 0.303 e. The zero-order valence-electron chi connectivity index (χ0n) is 19.6. The zero-order chi connectivity index (χ0) is 21.6. The second-order valence-corrected chi connectivity index (χ2v) is 11.0. The number of ether oxygens (including phenoxy) is 1. The topological polar surface area (TPSA) is 73.8 Å². The van der Waals surface area contributed by atoms with E-state index in [2.05, 4.69) is 22.5 Å². The van der Waals surface area contributed by atoms with E-state index in [9.17, 15) is 4.79 Å². The molecule has 0 spiro atoms. The van der Waals surface area contributed by atoms with E-state index in [1.165, 1.54) is 64.2 Å². The number of carboxylic acids is 1. The van der Waals surface area contributed by atoms with Crippen molar-refractivity contribution in [2.75, 3.05) is 32.8 Å². The van der Waals surface area contributed by atoms with Crippen molar-refractivity contribution < 1.29 is 14.6 Å². The third-order valence-electron chi connectivity index (χ3n) is 8.39. The van der Waals surface area contributed by atoms with Crippen LogP contribution in [0.15, 0.2) is 0 Å². The van der Waals surface area contributed by atoms with E-state index in [0.717, 1.165) is 44.6 Å². The minimum Gasteiger partial charge on any atom is -0.481 e. The van der Waals surface area contributed by atoms with Crippen LogP contribution in [-0.2, 0) is 9.53 Å². The molecule has 3 N–H and O–H groups in total. The van der Waals surface area contributed by atoms with Crippen molar-refractivity contribution in [2.45, 2.75) is 95.9 Å². The molecule has 2 saturated carbocycles. The number of carbonyl (C=O) groups is 1. The number of nitrogens with one attached hydrogen (secondary N) is 2. The summed E-state index contributed by atoms with van der Waals surface area (Å²) in [5.41, 5.74) is 0. The van der Waals surface area contributed by atoms with Crippen LogP contribution in [0.1, 0.15) is 77.6 Å². The number of hydrogen-bond donors (Lipinski definition) is 3. The van der Waals surface area contributed by atoms with Gasteiger partial charge in [-0.05, 0) is 75.2 Å². The molecule has 0 aromatic carbocycles. The van der Waals surface area contributed by atoms with Gasteiger partial charge in [0.05, 0.1) is 12.3 Å². The molecule has 6 nitrogen and oxygen atoms in total. The Labute approximate surface area is 188 Å². The van der Waals surface area contributed by atoms with Crippen molar-refractivity contribution in [3.63, 3.8) is 0 Å². The lowest BCUT2D eigenvalue weighted by atomic mass is 9.81. The number of nitrogens with zero attached hydrogens (tertiary/aromatic N) is 1. The van der Waals surface area contributed by atoms with E-state index in [1.54, 1.807) is 0 Å². The summed E-state index contributed by atoms with van der Waals surface area (Å²) in [6.07, 6.45) is 14.4. The van der Waals surface area contributed by atoms with Gasteiger partial charge >= 0.3 is 5.97 Å². The maximum atomic E-state index is 10.9. The minimum absolute atomic E-state index is 0.224. The Morgan fingerprint density at radius 3 is 2.58 bits per heavy atom. The van der Waals surface area contributed by atoms with Crippen LogP contribution in [0, 0.1) is 23.7 Å². The van der Waals surface area contributed by atoms with Gasteiger partial charge in [0.25, 0.3) is 0 Å². The van der Waals surface area contributed by atoms with Gasteiger partial charge in [-0.2, -0.15) is 0 Å². The highest BCUT2D eigenvalue weighted by molar-refractivity contribution is 5.66. The number of hydrogen-bond acceptors (Lipinski definition) is 5. The molecule has 0 bridgehead atoms. The quantitative estimate of drug-likeness (QED) is 0.542. The summed E-state index contributed by atoms with van der Waals surface area (Å²) < 4.78 is 6.33. The molecule has 0 aromatic rings. The highest BCUT2D eigenvalue weighted by Crippen LogP contribution is 2.32. The van der Waals surface area contributed by atoms with E-state index in [1.807, 2.05) is 0 Å². The van der Waals surface area contributed by atoms with E-state index in [0.29, 0.717) is 24.2 Å². The number of likely N-dealkylation sites (tertiary alicyclic amines) is 1. The van der Waals surface area contributed by atoms with Crippen LogP contribution in [0.25, 0.3) is 0 Å². The van der Waals surface area contributed by atoms with Crippen molar-refractivity contribution in [3.05, 3.63) is 0 Å². The molecular formula is C25H45N3O3. The highest BCUT2D eigenvalue weighted by atomic mass is 16.5. The summed E-state index contributed by atoms with van der Waals surface area (Å²) in [5.74, 6) is 1.73. The van der Waals surface area contributed by atoms with E-state index >= 15 is 0 Å². The van der Waals surface area contributed by atoms with Crippen LogP contribution in [0.4, 0.5) is 0 Å². The molecule has 4 atom stereocenters. The molecule has 31 heavy (non-hydrogen) atoms. The summed E-state index contributed by atoms with van der Waals surface area (Å²) in [7, 11) is 0. The van der Waals surface area contributed by atoms with Gasteiger partial charge in [0.15, 0.2) is 0 Å². The van der Waals surface area contributed by atoms with E-state index in [-0.39, 0.29) is 12.3 Å². The molecule has 2 heterocycles. The van der Waals surface area contributed by atoms with Gasteiger partial charge in [-0.25, -0.2) is 0 Å². The molecule has 2 aliphatic heterocycles. The molecule has 0 amide bonds. The Bertz CT molecular complexity index is 560. The Kier molecular flexibility index (Phi) is 8.66. The van der Waals surface area contributed by atoms with Gasteiger partial charge < -0.3 is 20.1 Å². The molecule has 4 fully saturated rings. The first-order chi connectivity index (χ1) is 15.1. The van der Waals surface area contributed by atoms with Crippen molar-refractivity contribution in [2.24, 2.45) is 23.7 Å².